The predicted octanol–water partition coefficient (Wildman–Crippen LogP) is 2.81. The Morgan fingerprint density at radius 2 is 1.95 bits per heavy atom. The van der Waals surface area contributed by atoms with E-state index in [2.05, 4.69) is 10.3 Å². The monoisotopic (exact) mass is 305 g/mol. The molecule has 1 aliphatic rings. The van der Waals surface area contributed by atoms with Gasteiger partial charge in [0.15, 0.2) is 0 Å². The van der Waals surface area contributed by atoms with E-state index >= 15 is 0 Å². The molecule has 0 amide bonds. The summed E-state index contributed by atoms with van der Waals surface area (Å²) in [6, 6.07) is 7.91. The lowest BCUT2D eigenvalue weighted by molar-refractivity contribution is 0.122. The van der Waals surface area contributed by atoms with Gasteiger partial charge in [0.25, 0.3) is 0 Å². The molecule has 1 fully saturated rings. The Morgan fingerprint density at radius 1 is 1.14 bits per heavy atom. The number of pyridine rings is 1. The largest absolute Gasteiger partial charge is 0.378 e. The van der Waals surface area contributed by atoms with Gasteiger partial charge in [-0.1, -0.05) is 6.07 Å². The maximum atomic E-state index is 14.2. The number of anilines is 2. The molecule has 0 bridgehead atoms. The average Bonchev–Trinajstić information content (AvgIpc) is 2.57. The lowest BCUT2D eigenvalue weighted by atomic mass is 10.2. The van der Waals surface area contributed by atoms with Gasteiger partial charge in [-0.3, -0.25) is 4.98 Å². The van der Waals surface area contributed by atoms with Crippen LogP contribution in [0.4, 0.5) is 20.2 Å². The van der Waals surface area contributed by atoms with Gasteiger partial charge in [-0.2, -0.15) is 0 Å². The van der Waals surface area contributed by atoms with Crippen molar-refractivity contribution in [2.24, 2.45) is 0 Å². The quantitative estimate of drug-likeness (QED) is 0.942. The summed E-state index contributed by atoms with van der Waals surface area (Å²) in [5, 5.41) is 2.88. The van der Waals surface area contributed by atoms with E-state index in [-0.39, 0.29) is 11.4 Å². The molecular weight excluding hydrogens is 288 g/mol. The zero-order valence-electron chi connectivity index (χ0n) is 12.1. The molecule has 3 rings (SSSR count). The van der Waals surface area contributed by atoms with Crippen LogP contribution in [0.5, 0.6) is 0 Å². The Kier molecular flexibility index (Phi) is 4.48. The van der Waals surface area contributed by atoms with Crippen molar-refractivity contribution in [3.63, 3.8) is 0 Å². The number of hydrogen-bond donors (Lipinski definition) is 1. The van der Waals surface area contributed by atoms with Crippen LogP contribution in [0.25, 0.3) is 0 Å². The molecule has 0 spiro atoms. The van der Waals surface area contributed by atoms with E-state index in [0.717, 1.165) is 5.69 Å². The average molecular weight is 305 g/mol. The summed E-state index contributed by atoms with van der Waals surface area (Å²) in [6.45, 7) is 2.53. The van der Waals surface area contributed by atoms with E-state index in [1.54, 1.807) is 17.2 Å². The highest BCUT2D eigenvalue weighted by Crippen LogP contribution is 2.27. The fourth-order valence-corrected chi connectivity index (χ4v) is 2.41. The summed E-state index contributed by atoms with van der Waals surface area (Å²) in [7, 11) is 0. The number of benzene rings is 1. The summed E-state index contributed by atoms with van der Waals surface area (Å²) < 4.78 is 33.6. The molecule has 1 aromatic heterocycles. The van der Waals surface area contributed by atoms with Crippen LogP contribution < -0.4 is 10.2 Å². The van der Waals surface area contributed by atoms with Crippen LogP contribution in [0.15, 0.2) is 36.5 Å². The Labute approximate surface area is 127 Å². The van der Waals surface area contributed by atoms with Gasteiger partial charge in [0, 0.05) is 31.4 Å². The third-order valence-electron chi connectivity index (χ3n) is 3.57. The molecule has 0 saturated carbocycles. The Morgan fingerprint density at radius 3 is 2.68 bits per heavy atom. The number of rotatable bonds is 4. The Balaban J connectivity index is 1.74. The second-order valence-corrected chi connectivity index (χ2v) is 5.06. The molecule has 2 heterocycles. The molecular formula is C16H17F2N3O. The number of nitrogens with zero attached hydrogens (tertiary/aromatic N) is 2. The van der Waals surface area contributed by atoms with Crippen LogP contribution in [0.3, 0.4) is 0 Å². The van der Waals surface area contributed by atoms with Gasteiger partial charge in [-0.15, -0.1) is 0 Å². The van der Waals surface area contributed by atoms with Crippen molar-refractivity contribution in [3.05, 3.63) is 53.9 Å². The smallest absolute Gasteiger partial charge is 0.148 e. The molecule has 6 heteroatoms. The van der Waals surface area contributed by atoms with Crippen molar-refractivity contribution < 1.29 is 13.5 Å². The summed E-state index contributed by atoms with van der Waals surface area (Å²) in [5.41, 5.74) is 1.18. The van der Waals surface area contributed by atoms with E-state index in [0.29, 0.717) is 32.8 Å². The van der Waals surface area contributed by atoms with Crippen molar-refractivity contribution in [3.8, 4) is 0 Å². The molecule has 1 saturated heterocycles. The van der Waals surface area contributed by atoms with E-state index in [9.17, 15) is 8.78 Å². The van der Waals surface area contributed by atoms with Gasteiger partial charge in [-0.25, -0.2) is 8.78 Å². The van der Waals surface area contributed by atoms with Gasteiger partial charge < -0.3 is 15.0 Å². The molecule has 2 aromatic rings. The molecule has 0 radical (unpaired) electrons. The molecule has 0 aliphatic carbocycles. The second kappa shape index (κ2) is 6.70. The van der Waals surface area contributed by atoms with Crippen molar-refractivity contribution in [1.29, 1.82) is 0 Å². The van der Waals surface area contributed by atoms with E-state index in [4.69, 9.17) is 4.74 Å². The number of halogens is 2. The van der Waals surface area contributed by atoms with Gasteiger partial charge in [0.1, 0.15) is 11.6 Å². The fourth-order valence-electron chi connectivity index (χ4n) is 2.41. The van der Waals surface area contributed by atoms with E-state index < -0.39 is 11.6 Å². The normalized spacial score (nSPS) is 14.9. The first kappa shape index (κ1) is 14.7. The number of nitrogens with one attached hydrogen (secondary N) is 1. The van der Waals surface area contributed by atoms with E-state index in [1.165, 1.54) is 12.1 Å². The molecule has 22 heavy (non-hydrogen) atoms. The first-order valence-corrected chi connectivity index (χ1v) is 7.19. The predicted molar refractivity (Wildman–Crippen MR) is 81.0 cm³/mol. The molecule has 1 aromatic carbocycles. The molecule has 4 nitrogen and oxygen atoms in total. The Hall–Kier alpha value is -2.21. The van der Waals surface area contributed by atoms with Crippen LogP contribution in [0, 0.1) is 11.6 Å². The van der Waals surface area contributed by atoms with Gasteiger partial charge in [0.2, 0.25) is 0 Å². The van der Waals surface area contributed by atoms with Crippen molar-refractivity contribution in [2.45, 2.75) is 6.54 Å². The highest BCUT2D eigenvalue weighted by Gasteiger charge is 2.18. The van der Waals surface area contributed by atoms with Crippen LogP contribution in [0.2, 0.25) is 0 Å². The molecule has 1 aliphatic heterocycles. The van der Waals surface area contributed by atoms with Crippen molar-refractivity contribution in [1.82, 2.24) is 4.98 Å². The minimum Gasteiger partial charge on any atom is -0.378 e. The third-order valence-corrected chi connectivity index (χ3v) is 3.57. The van der Waals surface area contributed by atoms with Gasteiger partial charge in [0.05, 0.1) is 36.8 Å². The van der Waals surface area contributed by atoms with Crippen LogP contribution in [-0.4, -0.2) is 31.3 Å². The molecule has 0 atom stereocenters. The minimum absolute atomic E-state index is 0.139. The third kappa shape index (κ3) is 3.33. The number of morpholine rings is 1. The SMILES string of the molecule is Fc1cc(N2CCOCC2)c(F)cc1NCc1ccccn1. The first-order valence-electron chi connectivity index (χ1n) is 7.19. The first-order chi connectivity index (χ1) is 10.7. The Bertz CT molecular complexity index is 631. The van der Waals surface area contributed by atoms with Gasteiger partial charge >= 0.3 is 0 Å². The lowest BCUT2D eigenvalue weighted by Gasteiger charge is -2.29. The maximum Gasteiger partial charge on any atom is 0.148 e. The van der Waals surface area contributed by atoms with Crippen molar-refractivity contribution >= 4 is 11.4 Å². The van der Waals surface area contributed by atoms with Crippen molar-refractivity contribution in [2.75, 3.05) is 36.5 Å². The standard InChI is InChI=1S/C16H17F2N3O/c17-13-10-16(21-5-7-22-8-6-21)14(18)9-15(13)20-11-12-3-1-2-4-19-12/h1-4,9-10,20H,5-8,11H2. The number of ether oxygens (including phenoxy) is 1. The number of hydrogen-bond acceptors (Lipinski definition) is 4. The summed E-state index contributed by atoms with van der Waals surface area (Å²) in [5.74, 6) is -0.911. The van der Waals surface area contributed by atoms with Crippen LogP contribution in [-0.2, 0) is 11.3 Å². The fraction of sp³-hybridized carbons (Fsp3) is 0.312. The summed E-state index contributed by atoms with van der Waals surface area (Å²) >= 11 is 0. The molecule has 0 unspecified atom stereocenters. The van der Waals surface area contributed by atoms with E-state index in [1.807, 2.05) is 12.1 Å². The molecule has 1 N–H and O–H groups in total. The molecule has 116 valence electrons. The maximum absolute atomic E-state index is 14.2. The van der Waals surface area contributed by atoms with Gasteiger partial charge in [-0.05, 0) is 12.1 Å². The van der Waals surface area contributed by atoms with Crippen LogP contribution in [0.1, 0.15) is 5.69 Å². The highest BCUT2D eigenvalue weighted by atomic mass is 19.1. The zero-order valence-corrected chi connectivity index (χ0v) is 12.1. The zero-order chi connectivity index (χ0) is 15.4. The highest BCUT2D eigenvalue weighted by molar-refractivity contribution is 5.57. The number of aromatic nitrogens is 1. The minimum atomic E-state index is -0.473. The lowest BCUT2D eigenvalue weighted by Crippen LogP contribution is -2.36. The summed E-state index contributed by atoms with van der Waals surface area (Å²) in [4.78, 5) is 5.93. The topological polar surface area (TPSA) is 37.4 Å². The van der Waals surface area contributed by atoms with Crippen LogP contribution >= 0.6 is 0 Å². The summed E-state index contributed by atoms with van der Waals surface area (Å²) in [6.07, 6.45) is 1.66. The second-order valence-electron chi connectivity index (χ2n) is 5.06.